The molecular formula is C20H19F3N2O4. The fourth-order valence-corrected chi connectivity index (χ4v) is 2.93. The molecule has 0 radical (unpaired) electrons. The lowest BCUT2D eigenvalue weighted by atomic mass is 10.1. The first-order chi connectivity index (χ1) is 13.7. The van der Waals surface area contributed by atoms with Crippen LogP contribution in [-0.2, 0) is 15.7 Å². The Kier molecular flexibility index (Phi) is 6.07. The van der Waals surface area contributed by atoms with Crippen LogP contribution in [0.2, 0.25) is 0 Å². The summed E-state index contributed by atoms with van der Waals surface area (Å²) in [6.45, 7) is 3.16. The van der Waals surface area contributed by atoms with Gasteiger partial charge in [-0.05, 0) is 42.5 Å². The van der Waals surface area contributed by atoms with Crippen LogP contribution in [0.4, 0.5) is 24.5 Å². The molecule has 1 aliphatic heterocycles. The highest BCUT2D eigenvalue weighted by Crippen LogP contribution is 2.36. The summed E-state index contributed by atoms with van der Waals surface area (Å²) in [5, 5.41) is 2.57. The number of hydrogen-bond donors (Lipinski definition) is 1. The first-order valence-corrected chi connectivity index (χ1v) is 8.88. The maximum absolute atomic E-state index is 13.2. The number of carbonyl (C=O) groups excluding carboxylic acids is 2. The van der Waals surface area contributed by atoms with Crippen LogP contribution in [0, 0.1) is 0 Å². The third-order valence-corrected chi connectivity index (χ3v) is 4.30. The lowest BCUT2D eigenvalue weighted by molar-refractivity contribution is -0.137. The number of anilines is 2. The van der Waals surface area contributed by atoms with Crippen molar-refractivity contribution in [2.45, 2.75) is 13.1 Å². The number of hydrogen-bond acceptors (Lipinski definition) is 5. The zero-order valence-electron chi connectivity index (χ0n) is 15.6. The van der Waals surface area contributed by atoms with E-state index < -0.39 is 23.6 Å². The van der Waals surface area contributed by atoms with Gasteiger partial charge >= 0.3 is 12.1 Å². The third-order valence-electron chi connectivity index (χ3n) is 4.30. The van der Waals surface area contributed by atoms with Crippen molar-refractivity contribution in [2.75, 3.05) is 36.5 Å². The summed E-state index contributed by atoms with van der Waals surface area (Å²) in [5.74, 6) is -0.809. The number of ether oxygens (including phenoxy) is 2. The van der Waals surface area contributed by atoms with E-state index in [4.69, 9.17) is 9.47 Å². The van der Waals surface area contributed by atoms with Crippen LogP contribution in [0.15, 0.2) is 42.5 Å². The second-order valence-corrected chi connectivity index (χ2v) is 6.40. The SMILES string of the molecule is CC(=O)Oc1ccc(C(=O)Nc2cc(C(F)(F)F)ccc2N2CCOCC2)cc1. The Morgan fingerprint density at radius 1 is 1.07 bits per heavy atom. The maximum Gasteiger partial charge on any atom is 0.416 e. The van der Waals surface area contributed by atoms with E-state index >= 15 is 0 Å². The van der Waals surface area contributed by atoms with Crippen molar-refractivity contribution in [1.29, 1.82) is 0 Å². The molecule has 0 saturated carbocycles. The molecule has 0 unspecified atom stereocenters. The maximum atomic E-state index is 13.2. The first-order valence-electron chi connectivity index (χ1n) is 8.88. The second kappa shape index (κ2) is 8.52. The molecule has 0 spiro atoms. The van der Waals surface area contributed by atoms with Gasteiger partial charge in [-0.1, -0.05) is 0 Å². The van der Waals surface area contributed by atoms with Crippen LogP contribution in [0.25, 0.3) is 0 Å². The van der Waals surface area contributed by atoms with Gasteiger partial charge in [0.15, 0.2) is 0 Å². The van der Waals surface area contributed by atoms with Crippen molar-refractivity contribution < 1.29 is 32.2 Å². The van der Waals surface area contributed by atoms with Crippen molar-refractivity contribution in [2.24, 2.45) is 0 Å². The number of esters is 1. The molecule has 0 bridgehead atoms. The number of nitrogens with zero attached hydrogens (tertiary/aromatic N) is 1. The van der Waals surface area contributed by atoms with E-state index in [1.165, 1.54) is 37.3 Å². The summed E-state index contributed by atoms with van der Waals surface area (Å²) in [7, 11) is 0. The Balaban J connectivity index is 1.86. The minimum atomic E-state index is -4.53. The van der Waals surface area contributed by atoms with Crippen molar-refractivity contribution in [3.8, 4) is 5.75 Å². The molecule has 1 fully saturated rings. The van der Waals surface area contributed by atoms with Crippen molar-refractivity contribution >= 4 is 23.3 Å². The molecule has 6 nitrogen and oxygen atoms in total. The topological polar surface area (TPSA) is 67.9 Å². The van der Waals surface area contributed by atoms with Gasteiger partial charge in [0.05, 0.1) is 30.2 Å². The van der Waals surface area contributed by atoms with Gasteiger partial charge < -0.3 is 19.7 Å². The van der Waals surface area contributed by atoms with Crippen LogP contribution in [-0.4, -0.2) is 38.2 Å². The van der Waals surface area contributed by atoms with Crippen molar-refractivity contribution in [3.63, 3.8) is 0 Å². The summed E-state index contributed by atoms with van der Waals surface area (Å²) >= 11 is 0. The molecule has 3 rings (SSSR count). The normalized spacial score (nSPS) is 14.4. The highest BCUT2D eigenvalue weighted by atomic mass is 19.4. The van der Waals surface area contributed by atoms with E-state index in [0.29, 0.717) is 32.0 Å². The van der Waals surface area contributed by atoms with Gasteiger partial charge in [-0.2, -0.15) is 13.2 Å². The molecule has 154 valence electrons. The summed E-state index contributed by atoms with van der Waals surface area (Å²) in [4.78, 5) is 25.4. The Morgan fingerprint density at radius 3 is 2.31 bits per heavy atom. The van der Waals surface area contributed by atoms with E-state index in [1.54, 1.807) is 0 Å². The number of amides is 1. The molecule has 1 amide bonds. The largest absolute Gasteiger partial charge is 0.427 e. The van der Waals surface area contributed by atoms with Crippen molar-refractivity contribution in [3.05, 3.63) is 53.6 Å². The van der Waals surface area contributed by atoms with Crippen LogP contribution in [0.5, 0.6) is 5.75 Å². The standard InChI is InChI=1S/C20H19F3N2O4/c1-13(26)29-16-5-2-14(3-6-16)19(27)24-17-12-15(20(21,22)23)4-7-18(17)25-8-10-28-11-9-25/h2-7,12H,8-11H2,1H3,(H,24,27). The minimum absolute atomic E-state index is 0.0655. The Bertz CT molecular complexity index is 892. The van der Waals surface area contributed by atoms with Crippen LogP contribution in [0.3, 0.4) is 0 Å². The molecule has 2 aromatic rings. The number of halogens is 3. The van der Waals surface area contributed by atoms with E-state index in [-0.39, 0.29) is 17.0 Å². The van der Waals surface area contributed by atoms with Crippen LogP contribution >= 0.6 is 0 Å². The summed E-state index contributed by atoms with van der Waals surface area (Å²) < 4.78 is 49.7. The molecule has 1 saturated heterocycles. The zero-order chi connectivity index (χ0) is 21.0. The minimum Gasteiger partial charge on any atom is -0.427 e. The highest BCUT2D eigenvalue weighted by Gasteiger charge is 2.32. The first kappa shape index (κ1) is 20.7. The molecule has 2 aromatic carbocycles. The summed E-state index contributed by atoms with van der Waals surface area (Å²) in [6, 6.07) is 9.00. The number of carbonyl (C=O) groups is 2. The van der Waals surface area contributed by atoms with Crippen LogP contribution < -0.4 is 15.0 Å². The molecule has 0 aliphatic carbocycles. The predicted molar refractivity (Wildman–Crippen MR) is 100 cm³/mol. The van der Waals surface area contributed by atoms with Crippen LogP contribution in [0.1, 0.15) is 22.8 Å². The van der Waals surface area contributed by atoms with Gasteiger partial charge in [0.25, 0.3) is 5.91 Å². The fraction of sp³-hybridized carbons (Fsp3) is 0.300. The quantitative estimate of drug-likeness (QED) is 0.617. The van der Waals surface area contributed by atoms with E-state index in [9.17, 15) is 22.8 Å². The fourth-order valence-electron chi connectivity index (χ4n) is 2.93. The van der Waals surface area contributed by atoms with Gasteiger partial charge in [0.1, 0.15) is 5.75 Å². The molecule has 1 N–H and O–H groups in total. The number of benzene rings is 2. The number of morpholine rings is 1. The molecule has 1 aliphatic rings. The molecular weight excluding hydrogens is 389 g/mol. The molecule has 1 heterocycles. The monoisotopic (exact) mass is 408 g/mol. The number of rotatable bonds is 4. The average Bonchev–Trinajstić information content (AvgIpc) is 2.68. The Morgan fingerprint density at radius 2 is 1.72 bits per heavy atom. The number of alkyl halides is 3. The lowest BCUT2D eigenvalue weighted by Gasteiger charge is -2.31. The van der Waals surface area contributed by atoms with E-state index in [2.05, 4.69) is 5.32 Å². The van der Waals surface area contributed by atoms with Gasteiger partial charge in [-0.15, -0.1) is 0 Å². The zero-order valence-corrected chi connectivity index (χ0v) is 15.6. The van der Waals surface area contributed by atoms with E-state index in [1.807, 2.05) is 4.90 Å². The van der Waals surface area contributed by atoms with Crippen molar-refractivity contribution in [1.82, 2.24) is 0 Å². The highest BCUT2D eigenvalue weighted by molar-refractivity contribution is 6.06. The van der Waals surface area contributed by atoms with Gasteiger partial charge in [-0.3, -0.25) is 9.59 Å². The Labute approximate surface area is 165 Å². The van der Waals surface area contributed by atoms with Gasteiger partial charge in [0.2, 0.25) is 0 Å². The molecule has 9 heteroatoms. The lowest BCUT2D eigenvalue weighted by Crippen LogP contribution is -2.36. The van der Waals surface area contributed by atoms with E-state index in [0.717, 1.165) is 12.1 Å². The third kappa shape index (κ3) is 5.26. The average molecular weight is 408 g/mol. The number of nitrogens with one attached hydrogen (secondary N) is 1. The summed E-state index contributed by atoms with van der Waals surface area (Å²) in [5.41, 5.74) is -0.0803. The summed E-state index contributed by atoms with van der Waals surface area (Å²) in [6.07, 6.45) is -4.53. The Hall–Kier alpha value is -3.07. The molecule has 0 atom stereocenters. The predicted octanol–water partition coefficient (Wildman–Crippen LogP) is 3.72. The smallest absolute Gasteiger partial charge is 0.416 e. The second-order valence-electron chi connectivity index (χ2n) is 6.40. The molecule has 0 aromatic heterocycles. The molecule has 29 heavy (non-hydrogen) atoms. The van der Waals surface area contributed by atoms with Gasteiger partial charge in [0, 0.05) is 25.6 Å². The van der Waals surface area contributed by atoms with Gasteiger partial charge in [-0.25, -0.2) is 0 Å².